The van der Waals surface area contributed by atoms with Gasteiger partial charge in [0.05, 0.1) is 10.5 Å². The number of anilines is 1. The third-order valence-corrected chi connectivity index (χ3v) is 5.30. The summed E-state index contributed by atoms with van der Waals surface area (Å²) in [6, 6.07) is 6.49. The molecule has 110 valence electrons. The van der Waals surface area contributed by atoms with Crippen LogP contribution in [0.5, 0.6) is 0 Å². The minimum absolute atomic E-state index is 0.0139. The number of hydrogen-bond acceptors (Lipinski definition) is 3. The lowest BCUT2D eigenvalue weighted by Gasteiger charge is -2.20. The molecule has 21 heavy (non-hydrogen) atoms. The summed E-state index contributed by atoms with van der Waals surface area (Å²) >= 11 is 1.68. The lowest BCUT2D eigenvalue weighted by molar-refractivity contribution is -0.115. The van der Waals surface area contributed by atoms with Crippen molar-refractivity contribution in [1.82, 2.24) is 10.2 Å². The van der Waals surface area contributed by atoms with E-state index in [9.17, 15) is 4.79 Å². The Kier molecular flexibility index (Phi) is 3.53. The van der Waals surface area contributed by atoms with E-state index in [1.54, 1.807) is 11.8 Å². The molecule has 0 spiro atoms. The quantitative estimate of drug-likeness (QED) is 0.847. The number of nitrogens with one attached hydrogen (secondary N) is 2. The van der Waals surface area contributed by atoms with Crippen molar-refractivity contribution in [1.29, 1.82) is 0 Å². The second kappa shape index (κ2) is 5.22. The molecule has 1 aliphatic heterocycles. The normalized spacial score (nSPS) is 21.6. The number of hydrogen-bond donors (Lipinski definition) is 2. The van der Waals surface area contributed by atoms with Crippen molar-refractivity contribution in [3.63, 3.8) is 0 Å². The van der Waals surface area contributed by atoms with Gasteiger partial charge in [-0.25, -0.2) is 0 Å². The minimum atomic E-state index is -0.107. The molecule has 2 atom stereocenters. The molecule has 4 nitrogen and oxygen atoms in total. The number of amides is 1. The molecule has 2 heterocycles. The number of benzene rings is 1. The van der Waals surface area contributed by atoms with E-state index in [0.717, 1.165) is 11.3 Å². The van der Waals surface area contributed by atoms with Crippen LogP contribution >= 0.6 is 11.8 Å². The van der Waals surface area contributed by atoms with Crippen molar-refractivity contribution in [2.45, 2.75) is 38.2 Å². The summed E-state index contributed by atoms with van der Waals surface area (Å²) in [4.78, 5) is 12.1. The fraction of sp³-hybridized carbons (Fsp3) is 0.375. The van der Waals surface area contributed by atoms with Crippen LogP contribution in [0.25, 0.3) is 0 Å². The number of aromatic nitrogens is 2. The fourth-order valence-electron chi connectivity index (χ4n) is 2.75. The molecule has 3 rings (SSSR count). The van der Waals surface area contributed by atoms with Gasteiger partial charge in [-0.1, -0.05) is 23.8 Å². The second-order valence-corrected chi connectivity index (χ2v) is 7.07. The van der Waals surface area contributed by atoms with E-state index < -0.39 is 0 Å². The maximum absolute atomic E-state index is 12.1. The standard InChI is InChI=1S/C16H19N3OS/c1-8-5-6-12(9(2)7-8)14-13-10(3)18-19-15(13)17-16(20)11(4)21-14/h5-7,11,14H,1-4H3,(H2,17,18,19,20). The number of carbonyl (C=O) groups is 1. The Labute approximate surface area is 128 Å². The predicted molar refractivity (Wildman–Crippen MR) is 86.8 cm³/mol. The molecule has 0 saturated heterocycles. The number of nitrogens with zero attached hydrogens (tertiary/aromatic N) is 1. The predicted octanol–water partition coefficient (Wildman–Crippen LogP) is 3.50. The molecule has 0 bridgehead atoms. The molecule has 1 aliphatic rings. The molecule has 2 unspecified atom stereocenters. The highest BCUT2D eigenvalue weighted by Gasteiger charge is 2.32. The zero-order valence-electron chi connectivity index (χ0n) is 12.7. The van der Waals surface area contributed by atoms with Crippen molar-refractivity contribution in [2.24, 2.45) is 0 Å². The van der Waals surface area contributed by atoms with Crippen molar-refractivity contribution in [3.05, 3.63) is 46.1 Å². The highest BCUT2D eigenvalue weighted by molar-refractivity contribution is 8.01. The van der Waals surface area contributed by atoms with Crippen LogP contribution in [0.2, 0.25) is 0 Å². The van der Waals surface area contributed by atoms with Crippen molar-refractivity contribution in [3.8, 4) is 0 Å². The van der Waals surface area contributed by atoms with Gasteiger partial charge in [-0.3, -0.25) is 9.89 Å². The number of fused-ring (bicyclic) bond motifs is 1. The van der Waals surface area contributed by atoms with Gasteiger partial charge in [-0.2, -0.15) is 5.10 Å². The Hall–Kier alpha value is -1.75. The number of thioether (sulfide) groups is 1. The van der Waals surface area contributed by atoms with Crippen LogP contribution in [0.4, 0.5) is 5.82 Å². The summed E-state index contributed by atoms with van der Waals surface area (Å²) in [6.45, 7) is 8.18. The molecular formula is C16H19N3OS. The Bertz CT molecular complexity index is 708. The zero-order chi connectivity index (χ0) is 15.1. The summed E-state index contributed by atoms with van der Waals surface area (Å²) in [7, 11) is 0. The first-order valence-electron chi connectivity index (χ1n) is 7.05. The van der Waals surface area contributed by atoms with Gasteiger partial charge < -0.3 is 5.32 Å². The monoisotopic (exact) mass is 301 g/mol. The average molecular weight is 301 g/mol. The summed E-state index contributed by atoms with van der Waals surface area (Å²) < 4.78 is 0. The number of aryl methyl sites for hydroxylation is 3. The topological polar surface area (TPSA) is 57.8 Å². The number of rotatable bonds is 1. The van der Waals surface area contributed by atoms with Crippen LogP contribution in [0.1, 0.15) is 40.1 Å². The van der Waals surface area contributed by atoms with E-state index in [2.05, 4.69) is 47.6 Å². The molecule has 0 radical (unpaired) electrons. The third-order valence-electron chi connectivity index (χ3n) is 3.92. The van der Waals surface area contributed by atoms with Crippen molar-refractivity contribution in [2.75, 3.05) is 5.32 Å². The Morgan fingerprint density at radius 1 is 1.24 bits per heavy atom. The largest absolute Gasteiger partial charge is 0.308 e. The zero-order valence-corrected chi connectivity index (χ0v) is 13.5. The van der Waals surface area contributed by atoms with Gasteiger partial charge >= 0.3 is 0 Å². The molecule has 0 aliphatic carbocycles. The van der Waals surface area contributed by atoms with Crippen LogP contribution in [-0.2, 0) is 4.79 Å². The first kappa shape index (κ1) is 14.2. The third kappa shape index (κ3) is 2.46. The minimum Gasteiger partial charge on any atom is -0.308 e. The first-order chi connectivity index (χ1) is 9.97. The van der Waals surface area contributed by atoms with E-state index in [1.165, 1.54) is 16.7 Å². The molecular weight excluding hydrogens is 282 g/mol. The van der Waals surface area contributed by atoms with Gasteiger partial charge in [-0.05, 0) is 38.8 Å². The SMILES string of the molecule is Cc1ccc(C2SC(C)C(=O)Nc3n[nH]c(C)c32)c(C)c1. The molecule has 1 aromatic heterocycles. The maximum Gasteiger partial charge on any atom is 0.238 e. The summed E-state index contributed by atoms with van der Waals surface area (Å²) in [6.07, 6.45) is 0. The molecule has 0 saturated carbocycles. The van der Waals surface area contributed by atoms with Gasteiger partial charge in [-0.15, -0.1) is 11.8 Å². The van der Waals surface area contributed by atoms with Crippen LogP contribution in [-0.4, -0.2) is 21.4 Å². The Morgan fingerprint density at radius 2 is 2.00 bits per heavy atom. The number of H-pyrrole nitrogens is 1. The van der Waals surface area contributed by atoms with Crippen LogP contribution in [0, 0.1) is 20.8 Å². The fourth-order valence-corrected chi connectivity index (χ4v) is 4.18. The lowest BCUT2D eigenvalue weighted by atomic mass is 9.98. The summed E-state index contributed by atoms with van der Waals surface area (Å²) in [5.41, 5.74) is 5.85. The highest BCUT2D eigenvalue weighted by Crippen LogP contribution is 2.45. The molecule has 0 fully saturated rings. The molecule has 1 aromatic carbocycles. The van der Waals surface area contributed by atoms with E-state index in [4.69, 9.17) is 0 Å². The summed E-state index contributed by atoms with van der Waals surface area (Å²) in [5, 5.41) is 10.2. The van der Waals surface area contributed by atoms with Gasteiger partial charge in [0.15, 0.2) is 5.82 Å². The van der Waals surface area contributed by atoms with Crippen molar-refractivity contribution >= 4 is 23.5 Å². The molecule has 1 amide bonds. The molecule has 5 heteroatoms. The first-order valence-corrected chi connectivity index (χ1v) is 8.00. The van der Waals surface area contributed by atoms with Gasteiger partial charge in [0.2, 0.25) is 5.91 Å². The van der Waals surface area contributed by atoms with E-state index >= 15 is 0 Å². The molecule has 2 N–H and O–H groups in total. The van der Waals surface area contributed by atoms with Crippen LogP contribution in [0.15, 0.2) is 18.2 Å². The average Bonchev–Trinajstić information content (AvgIpc) is 2.71. The lowest BCUT2D eigenvalue weighted by Crippen LogP contribution is -2.21. The molecule has 2 aromatic rings. The van der Waals surface area contributed by atoms with Gasteiger partial charge in [0.25, 0.3) is 0 Å². The number of aromatic amines is 1. The smallest absolute Gasteiger partial charge is 0.238 e. The Balaban J connectivity index is 2.15. The van der Waals surface area contributed by atoms with E-state index in [0.29, 0.717) is 5.82 Å². The van der Waals surface area contributed by atoms with Gasteiger partial charge in [0.1, 0.15) is 0 Å². The van der Waals surface area contributed by atoms with Crippen molar-refractivity contribution < 1.29 is 4.79 Å². The van der Waals surface area contributed by atoms with Gasteiger partial charge in [0, 0.05) is 11.3 Å². The maximum atomic E-state index is 12.1. The Morgan fingerprint density at radius 3 is 2.71 bits per heavy atom. The van der Waals surface area contributed by atoms with E-state index in [-0.39, 0.29) is 16.4 Å². The second-order valence-electron chi connectivity index (χ2n) is 5.62. The van der Waals surface area contributed by atoms with E-state index in [1.807, 2.05) is 13.8 Å². The number of carbonyl (C=O) groups excluding carboxylic acids is 1. The van der Waals surface area contributed by atoms with Crippen LogP contribution in [0.3, 0.4) is 0 Å². The summed E-state index contributed by atoms with van der Waals surface area (Å²) in [5.74, 6) is 0.680. The van der Waals surface area contributed by atoms with Crippen LogP contribution < -0.4 is 5.32 Å². The highest BCUT2D eigenvalue weighted by atomic mass is 32.2.